The molecule has 1 N–H and O–H groups in total. The minimum absolute atomic E-state index is 0.303. The largest absolute Gasteiger partial charge is 0.358 e. The second kappa shape index (κ2) is 6.33. The molecule has 0 saturated heterocycles. The van der Waals surface area contributed by atoms with E-state index in [-0.39, 0.29) is 0 Å². The summed E-state index contributed by atoms with van der Waals surface area (Å²) < 4.78 is 0. The van der Waals surface area contributed by atoms with Crippen molar-refractivity contribution in [3.8, 4) is 0 Å². The molecule has 0 bridgehead atoms. The number of benzene rings is 1. The standard InChI is InChI=1S/C18H25N3/c1-14(2)21-12-11-17(19-13-21)20-18(16-9-6-10-16)15-7-4-3-5-8-15/h3-5,7-8,11-12,14,16,18H,6,9-10,13H2,1-2H3,(H,19,20)/t18-/m1/s1. The molecule has 0 spiro atoms. The lowest BCUT2D eigenvalue weighted by atomic mass is 9.77. The topological polar surface area (TPSA) is 27.6 Å². The first-order valence-corrected chi connectivity index (χ1v) is 8.04. The van der Waals surface area contributed by atoms with Crippen LogP contribution in [0.3, 0.4) is 0 Å². The average Bonchev–Trinajstić information content (AvgIpc) is 2.46. The number of hydrogen-bond donors (Lipinski definition) is 1. The first-order valence-electron chi connectivity index (χ1n) is 8.04. The molecule has 1 fully saturated rings. The average molecular weight is 283 g/mol. The van der Waals surface area contributed by atoms with Crippen LogP contribution in [0.4, 0.5) is 0 Å². The maximum absolute atomic E-state index is 5.01. The lowest BCUT2D eigenvalue weighted by Gasteiger charge is -2.33. The summed E-state index contributed by atoms with van der Waals surface area (Å²) in [7, 11) is 0. The van der Waals surface area contributed by atoms with E-state index in [1.165, 1.54) is 24.8 Å². The molecule has 112 valence electrons. The Labute approximate surface area is 127 Å². The lowest BCUT2D eigenvalue weighted by molar-refractivity contribution is 0.264. The van der Waals surface area contributed by atoms with Gasteiger partial charge in [0.15, 0.2) is 0 Å². The van der Waals surface area contributed by atoms with Crippen molar-refractivity contribution in [3.63, 3.8) is 0 Å². The van der Waals surface area contributed by atoms with Gasteiger partial charge in [-0.1, -0.05) is 36.8 Å². The van der Waals surface area contributed by atoms with Crippen molar-refractivity contribution in [1.82, 2.24) is 10.2 Å². The van der Waals surface area contributed by atoms with Crippen molar-refractivity contribution >= 4 is 5.84 Å². The fourth-order valence-corrected chi connectivity index (χ4v) is 2.90. The summed E-state index contributed by atoms with van der Waals surface area (Å²) in [4.78, 5) is 7.29. The molecule has 1 saturated carbocycles. The van der Waals surface area contributed by atoms with Gasteiger partial charge < -0.3 is 10.2 Å². The molecule has 1 aliphatic carbocycles. The van der Waals surface area contributed by atoms with Crippen LogP contribution in [0.5, 0.6) is 0 Å². The van der Waals surface area contributed by atoms with E-state index < -0.39 is 0 Å². The Bertz CT molecular complexity index is 515. The van der Waals surface area contributed by atoms with Crippen LogP contribution in [0, 0.1) is 5.92 Å². The van der Waals surface area contributed by atoms with Crippen molar-refractivity contribution in [1.29, 1.82) is 0 Å². The maximum Gasteiger partial charge on any atom is 0.124 e. The number of aliphatic imine (C=N–C) groups is 1. The van der Waals surface area contributed by atoms with Gasteiger partial charge in [0, 0.05) is 12.2 Å². The molecular weight excluding hydrogens is 258 g/mol. The number of nitrogens with one attached hydrogen (secondary N) is 1. The lowest BCUT2D eigenvalue weighted by Crippen LogP contribution is -2.41. The first-order chi connectivity index (χ1) is 10.2. The summed E-state index contributed by atoms with van der Waals surface area (Å²) in [6, 6.07) is 11.6. The van der Waals surface area contributed by atoms with Crippen LogP contribution in [-0.2, 0) is 0 Å². The van der Waals surface area contributed by atoms with Crippen LogP contribution >= 0.6 is 0 Å². The van der Waals surface area contributed by atoms with Gasteiger partial charge in [-0.25, -0.2) is 0 Å². The van der Waals surface area contributed by atoms with Gasteiger partial charge in [0.2, 0.25) is 0 Å². The highest BCUT2D eigenvalue weighted by Gasteiger charge is 2.28. The van der Waals surface area contributed by atoms with Gasteiger partial charge >= 0.3 is 0 Å². The number of nitrogens with zero attached hydrogens (tertiary/aromatic N) is 2. The van der Waals surface area contributed by atoms with E-state index in [1.54, 1.807) is 0 Å². The molecule has 3 rings (SSSR count). The minimum Gasteiger partial charge on any atom is -0.358 e. The summed E-state index contributed by atoms with van der Waals surface area (Å²) >= 11 is 0. The molecule has 0 unspecified atom stereocenters. The van der Waals surface area contributed by atoms with Crippen molar-refractivity contribution in [3.05, 3.63) is 48.2 Å². The Kier molecular flexibility index (Phi) is 4.28. The zero-order valence-corrected chi connectivity index (χ0v) is 13.0. The van der Waals surface area contributed by atoms with Crippen molar-refractivity contribution in [2.75, 3.05) is 6.67 Å². The predicted molar refractivity (Wildman–Crippen MR) is 88.1 cm³/mol. The number of rotatable bonds is 4. The van der Waals surface area contributed by atoms with Crippen LogP contribution < -0.4 is 5.32 Å². The Morgan fingerprint density at radius 3 is 2.48 bits per heavy atom. The van der Waals surface area contributed by atoms with Crippen molar-refractivity contribution in [2.45, 2.75) is 45.2 Å². The quantitative estimate of drug-likeness (QED) is 0.912. The monoisotopic (exact) mass is 283 g/mol. The summed E-state index contributed by atoms with van der Waals surface area (Å²) in [5, 5.41) is 3.44. The Balaban J connectivity index is 1.79. The molecule has 2 aliphatic rings. The molecule has 1 heterocycles. The van der Waals surface area contributed by atoms with Gasteiger partial charge in [-0.05, 0) is 44.2 Å². The fourth-order valence-electron chi connectivity index (χ4n) is 2.90. The minimum atomic E-state index is 0.303. The second-order valence-corrected chi connectivity index (χ2v) is 6.32. The van der Waals surface area contributed by atoms with Crippen LogP contribution in [0.2, 0.25) is 0 Å². The van der Waals surface area contributed by atoms with Gasteiger partial charge in [-0.3, -0.25) is 4.99 Å². The first kappa shape index (κ1) is 14.2. The second-order valence-electron chi connectivity index (χ2n) is 6.32. The van der Waals surface area contributed by atoms with E-state index in [1.807, 2.05) is 0 Å². The molecule has 1 atom stereocenters. The van der Waals surface area contributed by atoms with Crippen LogP contribution in [0.15, 0.2) is 47.6 Å². The van der Waals surface area contributed by atoms with E-state index in [0.717, 1.165) is 12.5 Å². The molecule has 1 aliphatic heterocycles. The third kappa shape index (κ3) is 3.29. The zero-order chi connectivity index (χ0) is 14.7. The van der Waals surface area contributed by atoms with Gasteiger partial charge in [0.1, 0.15) is 5.84 Å². The molecule has 3 nitrogen and oxygen atoms in total. The van der Waals surface area contributed by atoms with Gasteiger partial charge in [-0.15, -0.1) is 0 Å². The van der Waals surface area contributed by atoms with E-state index >= 15 is 0 Å². The molecular formula is C18H25N3. The predicted octanol–water partition coefficient (Wildman–Crippen LogP) is 3.71. The third-order valence-electron chi connectivity index (χ3n) is 4.55. The Morgan fingerprint density at radius 1 is 1.19 bits per heavy atom. The highest BCUT2D eigenvalue weighted by Crippen LogP contribution is 2.40. The van der Waals surface area contributed by atoms with E-state index in [4.69, 9.17) is 4.99 Å². The highest BCUT2D eigenvalue weighted by molar-refractivity contribution is 5.93. The molecule has 0 amide bonds. The zero-order valence-electron chi connectivity index (χ0n) is 13.0. The fraction of sp³-hybridized carbons (Fsp3) is 0.500. The third-order valence-corrected chi connectivity index (χ3v) is 4.55. The summed E-state index contributed by atoms with van der Waals surface area (Å²) in [6.45, 7) is 5.25. The van der Waals surface area contributed by atoms with E-state index in [0.29, 0.717) is 18.0 Å². The van der Waals surface area contributed by atoms with Gasteiger partial charge in [0.25, 0.3) is 0 Å². The van der Waals surface area contributed by atoms with E-state index in [2.05, 4.69) is 66.7 Å². The summed E-state index contributed by atoms with van der Waals surface area (Å²) in [5.41, 5.74) is 1.34. The molecule has 1 aromatic rings. The van der Waals surface area contributed by atoms with Crippen molar-refractivity contribution < 1.29 is 0 Å². The summed E-state index contributed by atoms with van der Waals surface area (Å²) in [6.07, 6.45) is 8.22. The van der Waals surface area contributed by atoms with Gasteiger partial charge in [0.05, 0.1) is 12.7 Å². The Morgan fingerprint density at radius 2 is 1.95 bits per heavy atom. The molecule has 0 radical (unpaired) electrons. The number of hydrogen-bond acceptors (Lipinski definition) is 2. The van der Waals surface area contributed by atoms with Crippen LogP contribution in [-0.4, -0.2) is 23.4 Å². The normalized spacial score (nSPS) is 22.2. The molecule has 1 aromatic carbocycles. The Hall–Kier alpha value is -1.77. The molecule has 0 aromatic heterocycles. The highest BCUT2D eigenvalue weighted by atomic mass is 15.3. The molecule has 3 heteroatoms. The number of amidine groups is 1. The van der Waals surface area contributed by atoms with Crippen molar-refractivity contribution in [2.24, 2.45) is 10.9 Å². The smallest absolute Gasteiger partial charge is 0.124 e. The molecule has 21 heavy (non-hydrogen) atoms. The maximum atomic E-state index is 5.01. The van der Waals surface area contributed by atoms with Crippen LogP contribution in [0.1, 0.15) is 44.7 Å². The van der Waals surface area contributed by atoms with Gasteiger partial charge in [-0.2, -0.15) is 0 Å². The summed E-state index contributed by atoms with van der Waals surface area (Å²) in [5.74, 6) is 1.73. The van der Waals surface area contributed by atoms with Crippen LogP contribution in [0.25, 0.3) is 0 Å². The SMILES string of the molecule is CC(C)N1C=CC(=N[C@H](c2ccccc2)C2CCC2)NC1. The van der Waals surface area contributed by atoms with E-state index in [9.17, 15) is 0 Å².